The van der Waals surface area contributed by atoms with Crippen LogP contribution in [0, 0.1) is 5.41 Å². The lowest BCUT2D eigenvalue weighted by molar-refractivity contribution is 0.0600. The largest absolute Gasteiger partial charge is 0.465 e. The highest BCUT2D eigenvalue weighted by molar-refractivity contribution is 5.89. The number of carbonyl (C=O) groups excluding carboxylic acids is 1. The molecule has 88 valence electrons. The highest BCUT2D eigenvalue weighted by Crippen LogP contribution is 2.34. The normalized spacial score (nSPS) is 13.3. The van der Waals surface area contributed by atoms with Crippen LogP contribution in [0.25, 0.3) is 0 Å². The lowest BCUT2D eigenvalue weighted by atomic mass is 9.78. The maximum Gasteiger partial charge on any atom is 0.337 e. The Hall–Kier alpha value is -1.31. The zero-order chi connectivity index (χ0) is 12.3. The summed E-state index contributed by atoms with van der Waals surface area (Å²) in [5.74, 6) is 0.175. The highest BCUT2D eigenvalue weighted by Gasteiger charge is 2.21. The van der Waals surface area contributed by atoms with E-state index in [2.05, 4.69) is 32.4 Å². The molecule has 2 nitrogen and oxygen atoms in total. The topological polar surface area (TPSA) is 26.3 Å². The summed E-state index contributed by atoms with van der Waals surface area (Å²) in [7, 11) is 1.40. The molecule has 1 aromatic rings. The zero-order valence-electron chi connectivity index (χ0n) is 10.7. The van der Waals surface area contributed by atoms with Gasteiger partial charge in [-0.25, -0.2) is 4.79 Å². The number of rotatable bonds is 2. The molecule has 1 unspecified atom stereocenters. The Morgan fingerprint density at radius 3 is 2.06 bits per heavy atom. The summed E-state index contributed by atoms with van der Waals surface area (Å²) in [6.07, 6.45) is 0. The van der Waals surface area contributed by atoms with Crippen LogP contribution >= 0.6 is 0 Å². The van der Waals surface area contributed by atoms with Crippen molar-refractivity contribution in [1.29, 1.82) is 0 Å². The molecular weight excluding hydrogens is 200 g/mol. The van der Waals surface area contributed by atoms with Gasteiger partial charge in [0.1, 0.15) is 0 Å². The van der Waals surface area contributed by atoms with Crippen molar-refractivity contribution >= 4 is 5.97 Å². The van der Waals surface area contributed by atoms with Gasteiger partial charge >= 0.3 is 5.97 Å². The number of ether oxygens (including phenoxy) is 1. The summed E-state index contributed by atoms with van der Waals surface area (Å²) in [6.45, 7) is 8.84. The average Bonchev–Trinajstić information content (AvgIpc) is 2.26. The molecule has 0 saturated carbocycles. The van der Waals surface area contributed by atoms with E-state index < -0.39 is 0 Å². The van der Waals surface area contributed by atoms with E-state index in [1.165, 1.54) is 12.7 Å². The van der Waals surface area contributed by atoms with Crippen LogP contribution in [0.2, 0.25) is 0 Å². The van der Waals surface area contributed by atoms with Gasteiger partial charge < -0.3 is 4.74 Å². The molecule has 0 radical (unpaired) electrons. The molecule has 2 heteroatoms. The molecule has 0 N–H and O–H groups in total. The zero-order valence-corrected chi connectivity index (χ0v) is 10.7. The van der Waals surface area contributed by atoms with E-state index in [9.17, 15) is 4.79 Å². The van der Waals surface area contributed by atoms with Gasteiger partial charge in [0.15, 0.2) is 0 Å². The lowest BCUT2D eigenvalue weighted by Gasteiger charge is -2.27. The average molecular weight is 220 g/mol. The Labute approximate surface area is 97.6 Å². The SMILES string of the molecule is COC(=O)c1ccc(C(C)C(C)(C)C)cc1. The molecule has 0 aliphatic rings. The van der Waals surface area contributed by atoms with Crippen molar-refractivity contribution in [3.63, 3.8) is 0 Å². The molecule has 0 saturated heterocycles. The molecule has 0 fully saturated rings. The van der Waals surface area contributed by atoms with Gasteiger partial charge in [0.05, 0.1) is 12.7 Å². The standard InChI is InChI=1S/C14H20O2/c1-10(14(2,3)4)11-6-8-12(9-7-11)13(15)16-5/h6-10H,1-5H3. The fraction of sp³-hybridized carbons (Fsp3) is 0.500. The van der Waals surface area contributed by atoms with Crippen molar-refractivity contribution in [1.82, 2.24) is 0 Å². The maximum absolute atomic E-state index is 11.3. The summed E-state index contributed by atoms with van der Waals surface area (Å²) in [5.41, 5.74) is 2.08. The lowest BCUT2D eigenvalue weighted by Crippen LogP contribution is -2.15. The van der Waals surface area contributed by atoms with E-state index in [-0.39, 0.29) is 11.4 Å². The predicted molar refractivity (Wildman–Crippen MR) is 65.7 cm³/mol. The van der Waals surface area contributed by atoms with Crippen molar-refractivity contribution in [2.45, 2.75) is 33.6 Å². The second-order valence-corrected chi connectivity index (χ2v) is 5.20. The smallest absolute Gasteiger partial charge is 0.337 e. The molecule has 0 heterocycles. The van der Waals surface area contributed by atoms with Gasteiger partial charge in [-0.3, -0.25) is 0 Å². The molecule has 16 heavy (non-hydrogen) atoms. The van der Waals surface area contributed by atoms with Crippen LogP contribution in [0.5, 0.6) is 0 Å². The summed E-state index contributed by atoms with van der Waals surface area (Å²) < 4.78 is 4.66. The number of benzene rings is 1. The molecule has 0 bridgehead atoms. The number of methoxy groups -OCH3 is 1. The van der Waals surface area contributed by atoms with Gasteiger partial charge in [-0.15, -0.1) is 0 Å². The van der Waals surface area contributed by atoms with Gasteiger partial charge in [-0.2, -0.15) is 0 Å². The Morgan fingerprint density at radius 1 is 1.19 bits per heavy atom. The summed E-state index contributed by atoms with van der Waals surface area (Å²) >= 11 is 0. The second-order valence-electron chi connectivity index (χ2n) is 5.20. The van der Waals surface area contributed by atoms with Crippen LogP contribution in [0.1, 0.15) is 49.5 Å². The molecule has 1 atom stereocenters. The van der Waals surface area contributed by atoms with Crippen LogP contribution in [-0.4, -0.2) is 13.1 Å². The Balaban J connectivity index is 2.91. The van der Waals surface area contributed by atoms with Crippen LogP contribution in [0.15, 0.2) is 24.3 Å². The van der Waals surface area contributed by atoms with Crippen LogP contribution in [-0.2, 0) is 4.74 Å². The van der Waals surface area contributed by atoms with Crippen molar-refractivity contribution < 1.29 is 9.53 Å². The van der Waals surface area contributed by atoms with Crippen LogP contribution in [0.4, 0.5) is 0 Å². The van der Waals surface area contributed by atoms with Crippen molar-refractivity contribution in [3.05, 3.63) is 35.4 Å². The first kappa shape index (κ1) is 12.8. The third-order valence-electron chi connectivity index (χ3n) is 3.13. The molecule has 1 aromatic carbocycles. The third kappa shape index (κ3) is 2.84. The number of hydrogen-bond donors (Lipinski definition) is 0. The van der Waals surface area contributed by atoms with Gasteiger partial charge in [0.2, 0.25) is 0 Å². The second kappa shape index (κ2) is 4.69. The van der Waals surface area contributed by atoms with E-state index in [0.29, 0.717) is 11.5 Å². The Morgan fingerprint density at radius 2 is 1.69 bits per heavy atom. The van der Waals surface area contributed by atoms with E-state index >= 15 is 0 Å². The first-order valence-corrected chi connectivity index (χ1v) is 5.54. The number of carbonyl (C=O) groups is 1. The van der Waals surface area contributed by atoms with E-state index in [4.69, 9.17) is 0 Å². The highest BCUT2D eigenvalue weighted by atomic mass is 16.5. The first-order valence-electron chi connectivity index (χ1n) is 5.54. The van der Waals surface area contributed by atoms with Crippen LogP contribution < -0.4 is 0 Å². The minimum Gasteiger partial charge on any atom is -0.465 e. The molecule has 0 aromatic heterocycles. The quantitative estimate of drug-likeness (QED) is 0.711. The summed E-state index contributed by atoms with van der Waals surface area (Å²) in [5, 5.41) is 0. The van der Waals surface area contributed by atoms with Crippen LogP contribution in [0.3, 0.4) is 0 Å². The number of esters is 1. The molecular formula is C14H20O2. The predicted octanol–water partition coefficient (Wildman–Crippen LogP) is 3.62. The minimum absolute atomic E-state index is 0.229. The molecule has 0 amide bonds. The van der Waals surface area contributed by atoms with Crippen molar-refractivity contribution in [2.75, 3.05) is 7.11 Å². The van der Waals surface area contributed by atoms with Gasteiger partial charge in [-0.1, -0.05) is 39.8 Å². The number of hydrogen-bond acceptors (Lipinski definition) is 2. The molecule has 0 spiro atoms. The first-order chi connectivity index (χ1) is 7.36. The van der Waals surface area contributed by atoms with Crippen molar-refractivity contribution in [2.24, 2.45) is 5.41 Å². The van der Waals surface area contributed by atoms with Gasteiger partial charge in [-0.05, 0) is 29.0 Å². The monoisotopic (exact) mass is 220 g/mol. The molecule has 0 aliphatic carbocycles. The summed E-state index contributed by atoms with van der Waals surface area (Å²) in [4.78, 5) is 11.3. The van der Waals surface area contributed by atoms with Gasteiger partial charge in [0.25, 0.3) is 0 Å². The third-order valence-corrected chi connectivity index (χ3v) is 3.13. The molecule has 1 rings (SSSR count). The van der Waals surface area contributed by atoms with E-state index in [1.807, 2.05) is 24.3 Å². The van der Waals surface area contributed by atoms with E-state index in [0.717, 1.165) is 0 Å². The maximum atomic E-state index is 11.3. The fourth-order valence-corrected chi connectivity index (χ4v) is 1.53. The minimum atomic E-state index is -0.282. The summed E-state index contributed by atoms with van der Waals surface area (Å²) in [6, 6.07) is 7.65. The molecule has 0 aliphatic heterocycles. The Kier molecular flexibility index (Phi) is 3.74. The van der Waals surface area contributed by atoms with Crippen molar-refractivity contribution in [3.8, 4) is 0 Å². The van der Waals surface area contributed by atoms with Gasteiger partial charge in [0, 0.05) is 0 Å². The van der Waals surface area contributed by atoms with E-state index in [1.54, 1.807) is 0 Å². The fourth-order valence-electron chi connectivity index (χ4n) is 1.53. The Bertz CT molecular complexity index is 357.